The Morgan fingerprint density at radius 3 is 0.793 bits per heavy atom. The van der Waals surface area contributed by atoms with Gasteiger partial charge in [0.1, 0.15) is 36.6 Å². The molecule has 10 atom stereocenters. The molecule has 22 heteroatoms. The van der Waals surface area contributed by atoms with Crippen LogP contribution in [0.2, 0.25) is 0 Å². The fraction of sp³-hybridized carbons (Fsp3) is 0.252. The van der Waals surface area contributed by atoms with Crippen LogP contribution in [0.3, 0.4) is 0 Å². The molecule has 14 aromatic rings. The van der Waals surface area contributed by atoms with Crippen LogP contribution in [-0.2, 0) is 80.1 Å². The number of esters is 5. The number of carbonyl (C=O) groups is 10. The number of benzene rings is 14. The van der Waals surface area contributed by atoms with Crippen LogP contribution in [0.15, 0.2) is 388 Å². The second-order valence-electron chi connectivity index (χ2n) is 37.7. The number of aliphatic carboxylic acids is 5. The number of phenolic OH excluding ortho intramolecular Hbond substituents is 2. The normalized spacial score (nSPS) is 23.9. The maximum Gasteiger partial charge on any atom is 0.315 e. The van der Waals surface area contributed by atoms with Gasteiger partial charge in [-0.3, -0.25) is 47.9 Å². The summed E-state index contributed by atoms with van der Waals surface area (Å²) in [6.07, 6.45) is 5.16. The van der Waals surface area contributed by atoms with E-state index < -0.39 is 131 Å². The molecule has 738 valence electrons. The highest BCUT2D eigenvalue weighted by atomic mass is 16.6. The molecule has 6 aliphatic carbocycles. The Hall–Kier alpha value is -16.4. The largest absolute Gasteiger partial charge is 0.508 e. The summed E-state index contributed by atoms with van der Waals surface area (Å²) in [5.74, 6) is -16.5. The van der Waals surface area contributed by atoms with E-state index in [1.165, 1.54) is 30.7 Å². The molecule has 20 rings (SSSR count). The minimum atomic E-state index is -1.02. The van der Waals surface area contributed by atoms with Crippen LogP contribution < -0.4 is 4.74 Å². The van der Waals surface area contributed by atoms with Crippen LogP contribution in [0.25, 0.3) is 10.8 Å². The topological polar surface area (TPSA) is 358 Å². The van der Waals surface area contributed by atoms with Crippen molar-refractivity contribution in [2.45, 2.75) is 124 Å². The Labute approximate surface area is 840 Å². The number of ether oxygens (including phenoxy) is 5. The molecule has 0 saturated heterocycles. The number of hydrogen-bond donors (Lipinski definition) is 7. The molecule has 7 N–H and O–H groups in total. The van der Waals surface area contributed by atoms with Crippen LogP contribution >= 0.6 is 0 Å². The number of carboxylic acid groups (broad SMARTS) is 5. The summed E-state index contributed by atoms with van der Waals surface area (Å²) in [4.78, 5) is 126. The van der Waals surface area contributed by atoms with Crippen molar-refractivity contribution in [1.29, 1.82) is 0 Å². The lowest BCUT2D eigenvalue weighted by Gasteiger charge is -2.49. The molecule has 22 nitrogen and oxygen atoms in total. The highest BCUT2D eigenvalue weighted by molar-refractivity contribution is 5.93. The lowest BCUT2D eigenvalue weighted by Crippen LogP contribution is -2.52. The van der Waals surface area contributed by atoms with E-state index in [0.29, 0.717) is 16.9 Å². The number of carbonyl (C=O) groups excluding carboxylic acids is 5. The minimum absolute atomic E-state index is 0.0297. The van der Waals surface area contributed by atoms with E-state index in [9.17, 15) is 83.7 Å². The van der Waals surface area contributed by atoms with Crippen molar-refractivity contribution in [3.05, 3.63) is 461 Å². The number of aromatic hydroxyl groups is 2. The van der Waals surface area contributed by atoms with Gasteiger partial charge in [-0.1, -0.05) is 370 Å². The van der Waals surface area contributed by atoms with Gasteiger partial charge in [-0.05, 0) is 142 Å². The summed E-state index contributed by atoms with van der Waals surface area (Å²) in [5.41, 5.74) is 11.2. The molecule has 0 bridgehead atoms. The van der Waals surface area contributed by atoms with E-state index in [0.717, 1.165) is 97.7 Å². The molecule has 6 aliphatic rings. The Bertz CT molecular complexity index is 6490. The first-order chi connectivity index (χ1) is 70.5. The zero-order chi connectivity index (χ0) is 102. The second kappa shape index (κ2) is 47.5. The third-order valence-corrected chi connectivity index (χ3v) is 29.4. The Balaban J connectivity index is 0.000000130. The van der Waals surface area contributed by atoms with E-state index in [1.54, 1.807) is 43.3 Å². The number of aryl methyl sites for hydroxylation is 1. The first-order valence-electron chi connectivity index (χ1n) is 49.1. The van der Waals surface area contributed by atoms with Crippen molar-refractivity contribution in [1.82, 2.24) is 0 Å². The van der Waals surface area contributed by atoms with E-state index in [4.69, 9.17) is 23.7 Å². The highest BCUT2D eigenvalue weighted by Gasteiger charge is 2.64. The first-order valence-corrected chi connectivity index (χ1v) is 49.1. The Morgan fingerprint density at radius 2 is 0.497 bits per heavy atom. The van der Waals surface area contributed by atoms with Gasteiger partial charge in [0.15, 0.2) is 0 Å². The van der Waals surface area contributed by atoms with Gasteiger partial charge in [-0.2, -0.15) is 0 Å². The smallest absolute Gasteiger partial charge is 0.315 e. The van der Waals surface area contributed by atoms with Gasteiger partial charge in [0, 0.05) is 64.6 Å². The molecule has 0 aromatic heterocycles. The fourth-order valence-corrected chi connectivity index (χ4v) is 22.6. The fourth-order valence-electron chi connectivity index (χ4n) is 22.6. The molecular formula is C123H114O22. The van der Waals surface area contributed by atoms with Gasteiger partial charge >= 0.3 is 59.7 Å². The maximum atomic E-state index is 13.6. The van der Waals surface area contributed by atoms with Crippen molar-refractivity contribution < 1.29 is 107 Å². The number of carboxylic acids is 5. The lowest BCUT2D eigenvalue weighted by atomic mass is 9.52. The van der Waals surface area contributed by atoms with Crippen molar-refractivity contribution in [3.8, 4) is 17.2 Å². The number of fused-ring (bicyclic) bond motifs is 1. The van der Waals surface area contributed by atoms with Crippen molar-refractivity contribution in [3.63, 3.8) is 0 Å². The van der Waals surface area contributed by atoms with E-state index >= 15 is 0 Å². The average molecular weight is 1940 g/mol. The molecule has 6 fully saturated rings. The number of hydrogen-bond acceptors (Lipinski definition) is 17. The molecule has 14 aromatic carbocycles. The van der Waals surface area contributed by atoms with Crippen LogP contribution in [0.4, 0.5) is 0 Å². The summed E-state index contributed by atoms with van der Waals surface area (Å²) in [6.45, 7) is 4.41. The third kappa shape index (κ3) is 23.1. The SMILES string of the molecule is CCOC(=O)C1[C@H](c2ccccc2)C(C(=O)O)[C@H]1c1ccccc1.Cc1ccc(COC(=O)C2[C@H](c3ccccc3)C(C(=O)O)[C@H]2c2ccccc2)cc1.O=C(O)C1[C@@H](c2ccc(O)cc2)C(C(=O)Oc2cccc3ccccc23)[C@@H]1c1ccc(O)cc1.O=C(O)C1[C@@H](c2ccccc2)C(C(=O)OC2CCCCC2)[C@@H]1c1ccccc1.O=C(O)C1[C@@H](c2ccccc2)C(C(=O)OCc2ccccc2)[C@@H]1c1ccccc1. The molecule has 0 aliphatic heterocycles. The molecule has 6 saturated carbocycles. The monoisotopic (exact) mass is 1940 g/mol. The molecule has 0 radical (unpaired) electrons. The van der Waals surface area contributed by atoms with Gasteiger partial charge < -0.3 is 59.4 Å². The zero-order valence-corrected chi connectivity index (χ0v) is 80.0. The van der Waals surface area contributed by atoms with Gasteiger partial charge in [0.2, 0.25) is 0 Å². The second-order valence-corrected chi connectivity index (χ2v) is 37.7. The maximum absolute atomic E-state index is 13.6. The zero-order valence-electron chi connectivity index (χ0n) is 80.0. The highest BCUT2D eigenvalue weighted by Crippen LogP contribution is 2.64. The predicted octanol–water partition coefficient (Wildman–Crippen LogP) is 22.8. The number of rotatable bonds is 27. The molecule has 145 heavy (non-hydrogen) atoms. The van der Waals surface area contributed by atoms with E-state index in [-0.39, 0.29) is 85.0 Å². The van der Waals surface area contributed by atoms with Crippen molar-refractivity contribution >= 4 is 70.5 Å². The quantitative estimate of drug-likeness (QED) is 0.0143. The Kier molecular flexibility index (Phi) is 33.3. The number of phenols is 2. The predicted molar refractivity (Wildman–Crippen MR) is 545 cm³/mol. The summed E-state index contributed by atoms with van der Waals surface area (Å²) < 4.78 is 28.3. The van der Waals surface area contributed by atoms with Gasteiger partial charge in [0.25, 0.3) is 0 Å². The minimum Gasteiger partial charge on any atom is -0.508 e. The molecule has 0 unspecified atom stereocenters. The summed E-state index contributed by atoms with van der Waals surface area (Å²) in [7, 11) is 0. The average Bonchev–Trinajstić information content (AvgIpc) is 0.766. The van der Waals surface area contributed by atoms with Gasteiger partial charge in [-0.25, -0.2) is 0 Å². The Morgan fingerprint density at radius 1 is 0.248 bits per heavy atom. The van der Waals surface area contributed by atoms with Crippen LogP contribution in [-0.4, -0.2) is 108 Å². The summed E-state index contributed by atoms with van der Waals surface area (Å²) in [6, 6.07) is 118. The molecule has 0 amide bonds. The lowest BCUT2D eigenvalue weighted by molar-refractivity contribution is -0.170. The van der Waals surface area contributed by atoms with Gasteiger partial charge in [-0.15, -0.1) is 0 Å². The molecular weight excluding hydrogens is 1830 g/mol. The van der Waals surface area contributed by atoms with E-state index in [1.807, 2.05) is 335 Å². The van der Waals surface area contributed by atoms with Crippen molar-refractivity contribution in [2.75, 3.05) is 6.61 Å². The molecule has 0 spiro atoms. The standard InChI is InChI=1S/C28H22O6.C26H24O4.C25H22O4.C24H26O4.C20H20O4/c29-19-12-8-17(9-13-19)23-25(27(31)32)24(18-10-14-20(30)15-11-18)26(23)28(33)34-22-7-3-5-16-4-1-2-6-21(16)22;1-17-12-14-18(15-13-17)16-30-26(29)24-21(19-8-4-2-5-9-19)23(25(27)28)22(24)20-10-6-3-7-11-20;26-24(27)22-20(18-12-6-2-7-13-18)23(21(22)19-14-8-3-9-15-19)25(28)29-16-17-10-4-1-5-11-17;25-23(26)21-19(16-10-4-1-5-11-16)22(20(21)17-12-6-2-7-13-17)24(27)28-18-14-8-3-9-15-18;1-2-24-20(23)18-15(13-9-5-3-6-10-13)17(19(21)22)16(18)14-11-7-4-8-12-14/h1-15,23-26,29-30H,(H,31,32);2-15,21-24H,16H2,1H3,(H,27,28);1-15,20-23H,16H2,(H,26,27);1-2,4-7,10-13,18-22H,3,8-9,14-15H2,(H,25,26);3-12,15-18H,2H2,1H3,(H,21,22)/t23-,24-,25?,26?;21-,22-,23?,24?;20-,21-,22?,23?;19-,20-,21?,22?;15-,16-,17?,18?/m11111/s1. The van der Waals surface area contributed by atoms with Crippen LogP contribution in [0.1, 0.15) is 171 Å². The van der Waals surface area contributed by atoms with E-state index in [2.05, 4.69) is 0 Å². The summed E-state index contributed by atoms with van der Waals surface area (Å²) >= 11 is 0. The van der Waals surface area contributed by atoms with Crippen LogP contribution in [0, 0.1) is 66.1 Å². The third-order valence-electron chi connectivity index (χ3n) is 29.4. The summed E-state index contributed by atoms with van der Waals surface area (Å²) in [5, 5.41) is 70.9. The first kappa shape index (κ1) is 102. The van der Waals surface area contributed by atoms with Crippen molar-refractivity contribution in [2.24, 2.45) is 59.2 Å². The van der Waals surface area contributed by atoms with Gasteiger partial charge in [0.05, 0.1) is 65.8 Å². The molecule has 0 heterocycles. The van der Waals surface area contributed by atoms with Crippen LogP contribution in [0.5, 0.6) is 17.2 Å².